The highest BCUT2D eigenvalue weighted by Gasteiger charge is 2.01. The highest BCUT2D eigenvalue weighted by Crippen LogP contribution is 1.92. The summed E-state index contributed by atoms with van der Waals surface area (Å²) in [6, 6.07) is 5.67. The first-order valence-electron chi connectivity index (χ1n) is 6.20. The van der Waals surface area contributed by atoms with Gasteiger partial charge in [-0.2, -0.15) is 0 Å². The lowest BCUT2D eigenvalue weighted by Crippen LogP contribution is -2.31. The molecule has 0 saturated heterocycles. The third kappa shape index (κ3) is 6.98. The van der Waals surface area contributed by atoms with Crippen LogP contribution in [0.15, 0.2) is 24.4 Å². The Balaban J connectivity index is 2.04. The van der Waals surface area contributed by atoms with E-state index in [0.717, 1.165) is 18.8 Å². The first-order valence-corrected chi connectivity index (χ1v) is 6.20. The van der Waals surface area contributed by atoms with Crippen molar-refractivity contribution < 1.29 is 4.79 Å². The van der Waals surface area contributed by atoms with E-state index in [0.29, 0.717) is 19.5 Å². The Morgan fingerprint density at radius 2 is 2.17 bits per heavy atom. The Bertz CT molecular complexity index is 340. The molecule has 0 aliphatic heterocycles. The van der Waals surface area contributed by atoms with Gasteiger partial charge in [0.25, 0.3) is 0 Å². The van der Waals surface area contributed by atoms with Crippen molar-refractivity contribution >= 4 is 5.91 Å². The van der Waals surface area contributed by atoms with Gasteiger partial charge in [-0.05, 0) is 26.2 Å². The van der Waals surface area contributed by atoms with E-state index in [1.807, 2.05) is 32.3 Å². The van der Waals surface area contributed by atoms with Crippen molar-refractivity contribution in [2.24, 2.45) is 0 Å². The Labute approximate surface area is 109 Å². The maximum Gasteiger partial charge on any atom is 0.221 e. The van der Waals surface area contributed by atoms with Gasteiger partial charge < -0.3 is 15.5 Å². The smallest absolute Gasteiger partial charge is 0.221 e. The second kappa shape index (κ2) is 8.60. The summed E-state index contributed by atoms with van der Waals surface area (Å²) in [6.45, 7) is 3.09. The molecule has 18 heavy (non-hydrogen) atoms. The second-order valence-corrected chi connectivity index (χ2v) is 4.40. The summed E-state index contributed by atoms with van der Waals surface area (Å²) in [6.07, 6.45) is 2.23. The zero-order valence-electron chi connectivity index (χ0n) is 11.1. The number of likely N-dealkylation sites (N-methyl/N-ethyl adjacent to an activating group) is 1. The zero-order valence-corrected chi connectivity index (χ0v) is 11.1. The quantitative estimate of drug-likeness (QED) is 0.649. The van der Waals surface area contributed by atoms with Crippen LogP contribution in [-0.2, 0) is 11.3 Å². The Morgan fingerprint density at radius 1 is 1.33 bits per heavy atom. The van der Waals surface area contributed by atoms with Crippen molar-refractivity contribution in [3.05, 3.63) is 30.1 Å². The molecule has 0 aromatic carbocycles. The molecule has 0 aliphatic rings. The number of nitrogens with zero attached hydrogens (tertiary/aromatic N) is 2. The molecule has 0 radical (unpaired) electrons. The zero-order chi connectivity index (χ0) is 13.2. The fourth-order valence-corrected chi connectivity index (χ4v) is 1.41. The van der Waals surface area contributed by atoms with E-state index in [9.17, 15) is 4.79 Å². The number of amides is 1. The highest BCUT2D eigenvalue weighted by atomic mass is 16.1. The van der Waals surface area contributed by atoms with Crippen LogP contribution in [-0.4, -0.2) is 49.5 Å². The molecule has 1 rings (SSSR count). The highest BCUT2D eigenvalue weighted by molar-refractivity contribution is 5.75. The molecule has 5 nitrogen and oxygen atoms in total. The summed E-state index contributed by atoms with van der Waals surface area (Å²) in [5, 5.41) is 6.07. The maximum atomic E-state index is 11.5. The van der Waals surface area contributed by atoms with Gasteiger partial charge in [-0.1, -0.05) is 6.07 Å². The molecule has 0 aliphatic carbocycles. The number of nitrogens with one attached hydrogen (secondary N) is 2. The number of rotatable bonds is 8. The average molecular weight is 250 g/mol. The molecule has 1 heterocycles. The normalized spacial score (nSPS) is 10.6. The van der Waals surface area contributed by atoms with E-state index in [2.05, 4.69) is 20.5 Å². The van der Waals surface area contributed by atoms with Crippen LogP contribution in [0.1, 0.15) is 12.1 Å². The lowest BCUT2D eigenvalue weighted by Gasteiger charge is -2.10. The fraction of sp³-hybridized carbons (Fsp3) is 0.538. The Hall–Kier alpha value is -1.46. The van der Waals surface area contributed by atoms with Gasteiger partial charge in [0.15, 0.2) is 0 Å². The van der Waals surface area contributed by atoms with Crippen LogP contribution in [0.25, 0.3) is 0 Å². The first-order chi connectivity index (χ1) is 8.68. The van der Waals surface area contributed by atoms with Gasteiger partial charge in [0.1, 0.15) is 0 Å². The molecule has 0 atom stereocenters. The van der Waals surface area contributed by atoms with Crippen LogP contribution < -0.4 is 10.6 Å². The van der Waals surface area contributed by atoms with Gasteiger partial charge in [0.2, 0.25) is 5.91 Å². The van der Waals surface area contributed by atoms with Crippen molar-refractivity contribution in [1.29, 1.82) is 0 Å². The largest absolute Gasteiger partial charge is 0.350 e. The second-order valence-electron chi connectivity index (χ2n) is 4.40. The SMILES string of the molecule is CN(C)CCNCCC(=O)NCc1ccccn1. The average Bonchev–Trinajstić information content (AvgIpc) is 2.37. The molecule has 1 amide bonds. The predicted octanol–water partition coefficient (Wildman–Crippen LogP) is 0.239. The van der Waals surface area contributed by atoms with Crippen LogP contribution in [0.3, 0.4) is 0 Å². The van der Waals surface area contributed by atoms with Crippen LogP contribution >= 0.6 is 0 Å². The van der Waals surface area contributed by atoms with Gasteiger partial charge in [-0.15, -0.1) is 0 Å². The molecule has 1 aromatic heterocycles. The van der Waals surface area contributed by atoms with E-state index in [1.54, 1.807) is 6.20 Å². The molecule has 2 N–H and O–H groups in total. The van der Waals surface area contributed by atoms with Crippen molar-refractivity contribution in [2.45, 2.75) is 13.0 Å². The molecule has 0 spiro atoms. The summed E-state index contributed by atoms with van der Waals surface area (Å²) in [5.41, 5.74) is 0.881. The number of aromatic nitrogens is 1. The van der Waals surface area contributed by atoms with E-state index < -0.39 is 0 Å². The molecule has 0 saturated carbocycles. The van der Waals surface area contributed by atoms with Gasteiger partial charge in [0.05, 0.1) is 12.2 Å². The van der Waals surface area contributed by atoms with Crippen LogP contribution in [0.2, 0.25) is 0 Å². The van der Waals surface area contributed by atoms with Crippen molar-refractivity contribution in [3.63, 3.8) is 0 Å². The van der Waals surface area contributed by atoms with E-state index in [-0.39, 0.29) is 5.91 Å². The monoisotopic (exact) mass is 250 g/mol. The van der Waals surface area contributed by atoms with E-state index in [4.69, 9.17) is 0 Å². The molecular formula is C13H22N4O. The molecular weight excluding hydrogens is 228 g/mol. The topological polar surface area (TPSA) is 57.3 Å². The van der Waals surface area contributed by atoms with Crippen LogP contribution in [0, 0.1) is 0 Å². The summed E-state index contributed by atoms with van der Waals surface area (Å²) in [5.74, 6) is 0.0537. The first kappa shape index (κ1) is 14.6. The molecule has 1 aromatic rings. The molecule has 0 unspecified atom stereocenters. The van der Waals surface area contributed by atoms with Gasteiger partial charge >= 0.3 is 0 Å². The number of hydrogen-bond donors (Lipinski definition) is 2. The minimum absolute atomic E-state index is 0.0537. The molecule has 0 bridgehead atoms. The summed E-state index contributed by atoms with van der Waals surface area (Å²) < 4.78 is 0. The third-order valence-corrected chi connectivity index (χ3v) is 2.46. The van der Waals surface area contributed by atoms with Gasteiger partial charge in [-0.25, -0.2) is 0 Å². The van der Waals surface area contributed by atoms with Crippen molar-refractivity contribution in [2.75, 3.05) is 33.7 Å². The van der Waals surface area contributed by atoms with Crippen LogP contribution in [0.5, 0.6) is 0 Å². The number of carbonyl (C=O) groups excluding carboxylic acids is 1. The minimum Gasteiger partial charge on any atom is -0.350 e. The number of carbonyl (C=O) groups is 1. The van der Waals surface area contributed by atoms with Crippen molar-refractivity contribution in [3.8, 4) is 0 Å². The van der Waals surface area contributed by atoms with Crippen LogP contribution in [0.4, 0.5) is 0 Å². The Morgan fingerprint density at radius 3 is 2.83 bits per heavy atom. The maximum absolute atomic E-state index is 11.5. The standard InChI is InChI=1S/C13H22N4O/c1-17(2)10-9-14-8-6-13(18)16-11-12-5-3-4-7-15-12/h3-5,7,14H,6,8-11H2,1-2H3,(H,16,18). The lowest BCUT2D eigenvalue weighted by molar-refractivity contribution is -0.121. The molecule has 5 heteroatoms. The lowest BCUT2D eigenvalue weighted by atomic mass is 10.3. The van der Waals surface area contributed by atoms with E-state index in [1.165, 1.54) is 0 Å². The number of hydrogen-bond acceptors (Lipinski definition) is 4. The Kier molecular flexibility index (Phi) is 6.98. The third-order valence-electron chi connectivity index (χ3n) is 2.46. The molecule has 100 valence electrons. The van der Waals surface area contributed by atoms with Gasteiger partial charge in [-0.3, -0.25) is 9.78 Å². The fourth-order valence-electron chi connectivity index (χ4n) is 1.41. The summed E-state index contributed by atoms with van der Waals surface area (Å²) >= 11 is 0. The minimum atomic E-state index is 0.0537. The summed E-state index contributed by atoms with van der Waals surface area (Å²) in [7, 11) is 4.06. The molecule has 0 fully saturated rings. The predicted molar refractivity (Wildman–Crippen MR) is 72.1 cm³/mol. The van der Waals surface area contributed by atoms with Gasteiger partial charge in [0, 0.05) is 32.3 Å². The van der Waals surface area contributed by atoms with E-state index >= 15 is 0 Å². The van der Waals surface area contributed by atoms with Crippen molar-refractivity contribution in [1.82, 2.24) is 20.5 Å². The number of pyridine rings is 1. The summed E-state index contributed by atoms with van der Waals surface area (Å²) in [4.78, 5) is 17.8.